The Hall–Kier alpha value is -5.28. The van der Waals surface area contributed by atoms with Crippen molar-refractivity contribution in [3.8, 4) is 28.2 Å². The number of alkyl halides is 6. The van der Waals surface area contributed by atoms with E-state index >= 15 is 0 Å². The summed E-state index contributed by atoms with van der Waals surface area (Å²) in [5, 5.41) is 20.3. The normalized spacial score (nSPS) is 12.5. The summed E-state index contributed by atoms with van der Waals surface area (Å²) in [6.45, 7) is 0.961. The molecule has 16 heteroatoms. The number of rotatable bonds is 3. The van der Waals surface area contributed by atoms with Crippen molar-refractivity contribution < 1.29 is 46.1 Å². The minimum Gasteiger partial charge on any atom is -0.475 e. The van der Waals surface area contributed by atoms with Crippen molar-refractivity contribution in [2.75, 3.05) is 0 Å². The van der Waals surface area contributed by atoms with Gasteiger partial charge in [0.2, 0.25) is 0 Å². The van der Waals surface area contributed by atoms with Gasteiger partial charge in [0.25, 0.3) is 0 Å². The van der Waals surface area contributed by atoms with Crippen molar-refractivity contribution in [2.45, 2.75) is 31.7 Å². The lowest BCUT2D eigenvalue weighted by atomic mass is 9.96. The Bertz CT molecular complexity index is 1710. The molecular weight excluding hydrogens is 586 g/mol. The number of hydrogen-bond donors (Lipinski definition) is 2. The fourth-order valence-corrected chi connectivity index (χ4v) is 4.22. The highest BCUT2D eigenvalue weighted by atomic mass is 19.4. The summed E-state index contributed by atoms with van der Waals surface area (Å²) in [7, 11) is 0. The third kappa shape index (κ3) is 7.14. The van der Waals surface area contributed by atoms with E-state index in [9.17, 15) is 26.3 Å². The Morgan fingerprint density at radius 3 is 2.14 bits per heavy atom. The predicted octanol–water partition coefficient (Wildman–Crippen LogP) is 5.56. The van der Waals surface area contributed by atoms with Gasteiger partial charge in [-0.05, 0) is 48.7 Å². The van der Waals surface area contributed by atoms with Crippen LogP contribution in [0.15, 0.2) is 73.6 Å². The van der Waals surface area contributed by atoms with E-state index in [1.165, 1.54) is 11.3 Å². The van der Waals surface area contributed by atoms with E-state index < -0.39 is 24.3 Å². The van der Waals surface area contributed by atoms with Crippen LogP contribution in [-0.4, -0.2) is 63.8 Å². The number of carbonyl (C=O) groups is 2. The van der Waals surface area contributed by atoms with Crippen LogP contribution in [0.1, 0.15) is 12.1 Å². The number of aryl methyl sites for hydroxylation is 1. The lowest BCUT2D eigenvalue weighted by molar-refractivity contribution is -0.193. The number of halogens is 6. The maximum Gasteiger partial charge on any atom is 0.490 e. The molecule has 0 atom stereocenters. The Balaban J connectivity index is 0.000000254. The van der Waals surface area contributed by atoms with Crippen molar-refractivity contribution in [1.29, 1.82) is 0 Å². The number of aromatic nitrogens is 6. The minimum absolute atomic E-state index is 0.907. The highest BCUT2D eigenvalue weighted by molar-refractivity contribution is 5.99. The number of hydrogen-bond acceptors (Lipinski definition) is 6. The van der Waals surface area contributed by atoms with Gasteiger partial charge in [-0.2, -0.15) is 31.4 Å². The van der Waals surface area contributed by atoms with Crippen molar-refractivity contribution in [1.82, 2.24) is 29.3 Å². The van der Waals surface area contributed by atoms with Crippen molar-refractivity contribution >= 4 is 22.8 Å². The van der Waals surface area contributed by atoms with Gasteiger partial charge in [-0.1, -0.05) is 12.1 Å². The summed E-state index contributed by atoms with van der Waals surface area (Å²) < 4.78 is 67.6. The highest BCUT2D eigenvalue weighted by Gasteiger charge is 2.38. The summed E-state index contributed by atoms with van der Waals surface area (Å²) in [6.07, 6.45) is 1.23. The van der Waals surface area contributed by atoms with Gasteiger partial charge < -0.3 is 14.8 Å². The van der Waals surface area contributed by atoms with Crippen LogP contribution in [0.4, 0.5) is 26.3 Å². The summed E-state index contributed by atoms with van der Waals surface area (Å²) in [4.78, 5) is 31.2. The summed E-state index contributed by atoms with van der Waals surface area (Å²) in [6, 6.07) is 14.4. The number of imidazole rings is 1. The molecule has 2 N–H and O–H groups in total. The van der Waals surface area contributed by atoms with Crippen LogP contribution in [0.3, 0.4) is 0 Å². The molecule has 0 spiro atoms. The van der Waals surface area contributed by atoms with Gasteiger partial charge in [0, 0.05) is 53.7 Å². The molecule has 224 valence electrons. The molecule has 1 aliphatic heterocycles. The third-order valence-electron chi connectivity index (χ3n) is 6.03. The molecule has 6 rings (SSSR count). The topological polar surface area (TPSA) is 136 Å². The van der Waals surface area contributed by atoms with Crippen molar-refractivity contribution in [3.05, 3.63) is 79.3 Å². The summed E-state index contributed by atoms with van der Waals surface area (Å²) >= 11 is 0. The van der Waals surface area contributed by atoms with Crippen LogP contribution in [0, 0.1) is 0 Å². The smallest absolute Gasteiger partial charge is 0.475 e. The first-order chi connectivity index (χ1) is 20.3. The van der Waals surface area contributed by atoms with Crippen LogP contribution >= 0.6 is 0 Å². The molecule has 1 aromatic carbocycles. The largest absolute Gasteiger partial charge is 0.490 e. The lowest BCUT2D eigenvalue weighted by Gasteiger charge is -2.10. The fourth-order valence-electron chi connectivity index (χ4n) is 4.22. The fraction of sp³-hybridized carbons (Fsp3) is 0.185. The summed E-state index contributed by atoms with van der Waals surface area (Å²) in [5.41, 5.74) is 7.50. The molecule has 0 fully saturated rings. The van der Waals surface area contributed by atoms with Crippen LogP contribution in [0.25, 0.3) is 39.1 Å². The number of carboxylic acid groups (broad SMARTS) is 2. The van der Waals surface area contributed by atoms with Crippen LogP contribution < -0.4 is 0 Å². The van der Waals surface area contributed by atoms with Gasteiger partial charge in [0.1, 0.15) is 5.69 Å². The molecule has 0 amide bonds. The molecule has 0 saturated heterocycles. The van der Waals surface area contributed by atoms with E-state index in [-0.39, 0.29) is 0 Å². The number of aliphatic carboxylic acids is 2. The molecule has 10 nitrogen and oxygen atoms in total. The Labute approximate surface area is 237 Å². The zero-order valence-electron chi connectivity index (χ0n) is 21.7. The molecule has 0 bridgehead atoms. The number of pyridine rings is 2. The second kappa shape index (κ2) is 12.3. The molecule has 4 aromatic heterocycles. The average Bonchev–Trinajstić information content (AvgIpc) is 3.71. The van der Waals surface area contributed by atoms with E-state index in [1.807, 2.05) is 41.4 Å². The van der Waals surface area contributed by atoms with E-state index in [2.05, 4.69) is 43.9 Å². The van der Waals surface area contributed by atoms with Crippen molar-refractivity contribution in [2.24, 2.45) is 0 Å². The van der Waals surface area contributed by atoms with Gasteiger partial charge in [-0.15, -0.1) is 0 Å². The molecule has 43 heavy (non-hydrogen) atoms. The second-order valence-electron chi connectivity index (χ2n) is 8.85. The van der Waals surface area contributed by atoms with E-state index in [0.29, 0.717) is 0 Å². The Morgan fingerprint density at radius 2 is 1.56 bits per heavy atom. The number of fused-ring (bicyclic) bond motifs is 2. The van der Waals surface area contributed by atoms with Gasteiger partial charge in [0.05, 0.1) is 17.5 Å². The number of carboxylic acids is 2. The average molecular weight is 606 g/mol. The molecule has 5 aromatic rings. The minimum atomic E-state index is -5.08. The van der Waals surface area contributed by atoms with Gasteiger partial charge in [-0.25, -0.2) is 14.6 Å². The van der Waals surface area contributed by atoms with Gasteiger partial charge in [0.15, 0.2) is 0 Å². The maximum absolute atomic E-state index is 10.6. The van der Waals surface area contributed by atoms with Crippen molar-refractivity contribution in [3.63, 3.8) is 0 Å². The van der Waals surface area contributed by atoms with Gasteiger partial charge in [-0.3, -0.25) is 14.6 Å². The van der Waals surface area contributed by atoms with Crippen LogP contribution in [-0.2, 0) is 22.6 Å². The SMILES string of the molecule is O=C(O)C(F)(F)F.O=C(O)C(F)(F)F.c1ccc(-c2nn3c(c2-c2ccnc4cc(-n5ccnc5)ccc24)CCC3)nc1. The second-order valence-corrected chi connectivity index (χ2v) is 8.85. The molecule has 0 radical (unpaired) electrons. The van der Waals surface area contributed by atoms with Gasteiger partial charge >= 0.3 is 24.3 Å². The first-order valence-corrected chi connectivity index (χ1v) is 12.3. The zero-order chi connectivity index (χ0) is 31.4. The molecule has 0 saturated carbocycles. The zero-order valence-corrected chi connectivity index (χ0v) is 21.7. The first-order valence-electron chi connectivity index (χ1n) is 12.3. The first kappa shape index (κ1) is 30.7. The quantitative estimate of drug-likeness (QED) is 0.255. The third-order valence-corrected chi connectivity index (χ3v) is 6.03. The van der Waals surface area contributed by atoms with E-state index in [4.69, 9.17) is 24.9 Å². The summed E-state index contributed by atoms with van der Waals surface area (Å²) in [5.74, 6) is -5.51. The predicted molar refractivity (Wildman–Crippen MR) is 139 cm³/mol. The molecular formula is C27H20F6N6O4. The molecule has 5 heterocycles. The van der Waals surface area contributed by atoms with E-state index in [0.717, 1.165) is 52.9 Å². The maximum atomic E-state index is 10.6. The standard InChI is InChI=1S/C23H18N6.2C2HF3O2/c1-2-9-25-19(4-1)23-22(21-5-3-12-29(21)27-23)18-8-10-26-20-14-16(6-7-17(18)20)28-13-11-24-15-28;2*3-2(4,5)1(6)7/h1-2,4,6-11,13-15H,3,5,12H2;2*(H,6,7). The Kier molecular flexibility index (Phi) is 8.77. The molecule has 0 unspecified atom stereocenters. The monoisotopic (exact) mass is 606 g/mol. The number of nitrogens with zero attached hydrogens (tertiary/aromatic N) is 6. The number of benzene rings is 1. The molecule has 0 aliphatic carbocycles. The molecule has 1 aliphatic rings. The van der Waals surface area contributed by atoms with Crippen LogP contribution in [0.2, 0.25) is 0 Å². The Morgan fingerprint density at radius 1 is 0.860 bits per heavy atom. The van der Waals surface area contributed by atoms with Crippen LogP contribution in [0.5, 0.6) is 0 Å². The lowest BCUT2D eigenvalue weighted by Crippen LogP contribution is -2.21. The van der Waals surface area contributed by atoms with E-state index in [1.54, 1.807) is 12.5 Å². The highest BCUT2D eigenvalue weighted by Crippen LogP contribution is 2.39.